The summed E-state index contributed by atoms with van der Waals surface area (Å²) in [4.78, 5) is 12.0. The summed E-state index contributed by atoms with van der Waals surface area (Å²) in [5.74, 6) is 0.0428. The van der Waals surface area contributed by atoms with Gasteiger partial charge >= 0.3 is 5.97 Å². The van der Waals surface area contributed by atoms with E-state index in [2.05, 4.69) is 43.7 Å². The highest BCUT2D eigenvalue weighted by Crippen LogP contribution is 2.33. The van der Waals surface area contributed by atoms with Crippen LogP contribution in [-0.2, 0) is 4.74 Å². The van der Waals surface area contributed by atoms with Crippen LogP contribution in [0.1, 0.15) is 23.0 Å². The smallest absolute Gasteiger partial charge is 0.344 e. The van der Waals surface area contributed by atoms with Crippen LogP contribution in [-0.4, -0.2) is 17.7 Å². The van der Waals surface area contributed by atoms with Crippen molar-refractivity contribution in [1.29, 1.82) is 0 Å². The average molecular weight is 436 g/mol. The zero-order chi connectivity index (χ0) is 14.0. The van der Waals surface area contributed by atoms with Crippen molar-refractivity contribution in [2.24, 2.45) is 0 Å². The summed E-state index contributed by atoms with van der Waals surface area (Å²) in [6, 6.07) is 5.81. The maximum absolute atomic E-state index is 12.0. The molecule has 2 aromatic rings. The monoisotopic (exact) mass is 435 g/mol. The molecule has 0 amide bonds. The number of aromatic nitrogens is 1. The highest BCUT2D eigenvalue weighted by Gasteiger charge is 2.24. The Hall–Kier alpha value is -0.890. The molecule has 0 saturated heterocycles. The molecule has 0 N–H and O–H groups in total. The third kappa shape index (κ3) is 3.00. The van der Waals surface area contributed by atoms with Crippen LogP contribution >= 0.6 is 38.5 Å². The lowest BCUT2D eigenvalue weighted by Gasteiger charge is -2.05. The number of nitrogens with zero attached hydrogens (tertiary/aromatic N) is 1. The van der Waals surface area contributed by atoms with Gasteiger partial charge in [0.25, 0.3) is 0 Å². The molecule has 0 aliphatic heterocycles. The second-order valence-corrected chi connectivity index (χ2v) is 5.91. The van der Waals surface area contributed by atoms with Crippen LogP contribution in [0.25, 0.3) is 11.3 Å². The fourth-order valence-corrected chi connectivity index (χ4v) is 2.60. The maximum Gasteiger partial charge on any atom is 0.344 e. The van der Waals surface area contributed by atoms with Crippen LogP contribution < -0.4 is 0 Å². The lowest BCUT2D eigenvalue weighted by Crippen LogP contribution is -2.06. The molecule has 0 unspecified atom stereocenters. The Morgan fingerprint density at radius 1 is 1.53 bits per heavy atom. The Balaban J connectivity index is 2.57. The number of aryl methyl sites for hydroxylation is 1. The van der Waals surface area contributed by atoms with E-state index in [1.165, 1.54) is 0 Å². The van der Waals surface area contributed by atoms with Crippen molar-refractivity contribution in [3.63, 3.8) is 0 Å². The summed E-state index contributed by atoms with van der Waals surface area (Å²) in [5, 5.41) is 3.98. The molecule has 0 radical (unpaired) electrons. The van der Waals surface area contributed by atoms with E-state index in [0.29, 0.717) is 23.6 Å². The summed E-state index contributed by atoms with van der Waals surface area (Å²) in [5.41, 5.74) is 1.69. The Bertz CT molecular complexity index is 624. The Kier molecular flexibility index (Phi) is 4.62. The highest BCUT2D eigenvalue weighted by molar-refractivity contribution is 14.1. The van der Waals surface area contributed by atoms with Crippen molar-refractivity contribution < 1.29 is 14.1 Å². The van der Waals surface area contributed by atoms with Gasteiger partial charge in [0.2, 0.25) is 0 Å². The van der Waals surface area contributed by atoms with E-state index in [0.717, 1.165) is 13.6 Å². The third-order valence-corrected chi connectivity index (χ3v) is 3.89. The van der Waals surface area contributed by atoms with Gasteiger partial charge < -0.3 is 9.26 Å². The van der Waals surface area contributed by atoms with Crippen molar-refractivity contribution in [1.82, 2.24) is 5.16 Å². The maximum atomic E-state index is 12.0. The Morgan fingerprint density at radius 2 is 2.26 bits per heavy atom. The molecule has 0 saturated carbocycles. The molecule has 19 heavy (non-hydrogen) atoms. The number of ether oxygens (including phenoxy) is 1. The van der Waals surface area contributed by atoms with Crippen LogP contribution in [0.2, 0.25) is 0 Å². The molecule has 6 heteroatoms. The molecule has 0 bridgehead atoms. The molecule has 100 valence electrons. The number of hydrogen-bond acceptors (Lipinski definition) is 4. The minimum absolute atomic E-state index is 0.316. The van der Waals surface area contributed by atoms with Gasteiger partial charge in [0.15, 0.2) is 0 Å². The SMILES string of the molecule is CCOC(=O)c1c(-c2cc(I)ccc2Br)noc1C. The largest absolute Gasteiger partial charge is 0.462 e. The number of carbonyl (C=O) groups excluding carboxylic acids is 1. The van der Waals surface area contributed by atoms with Gasteiger partial charge in [0.05, 0.1) is 6.61 Å². The van der Waals surface area contributed by atoms with Crippen LogP contribution in [0.3, 0.4) is 0 Å². The second kappa shape index (κ2) is 6.04. The molecule has 0 atom stereocenters. The number of esters is 1. The average Bonchev–Trinajstić information content (AvgIpc) is 2.74. The molecule has 0 spiro atoms. The Morgan fingerprint density at radius 3 is 2.95 bits per heavy atom. The quantitative estimate of drug-likeness (QED) is 0.535. The first-order valence-corrected chi connectivity index (χ1v) is 7.50. The molecule has 1 aromatic carbocycles. The fraction of sp³-hybridized carbons (Fsp3) is 0.231. The molecule has 2 rings (SSSR count). The number of rotatable bonds is 3. The van der Waals surface area contributed by atoms with Gasteiger partial charge in [-0.05, 0) is 54.6 Å². The molecule has 1 aromatic heterocycles. The normalized spacial score (nSPS) is 10.5. The van der Waals surface area contributed by atoms with Gasteiger partial charge in [-0.3, -0.25) is 0 Å². The summed E-state index contributed by atoms with van der Waals surface area (Å²) in [6.45, 7) is 3.78. The molecular weight excluding hydrogens is 425 g/mol. The van der Waals surface area contributed by atoms with E-state index in [-0.39, 0.29) is 0 Å². The second-order valence-electron chi connectivity index (χ2n) is 3.81. The zero-order valence-corrected chi connectivity index (χ0v) is 14.1. The van der Waals surface area contributed by atoms with Crippen molar-refractivity contribution in [2.75, 3.05) is 6.61 Å². The minimum atomic E-state index is -0.415. The number of hydrogen-bond donors (Lipinski definition) is 0. The van der Waals surface area contributed by atoms with Crippen LogP contribution in [0.5, 0.6) is 0 Å². The molecule has 4 nitrogen and oxygen atoms in total. The molecule has 0 aliphatic carbocycles. The van der Waals surface area contributed by atoms with E-state index in [9.17, 15) is 4.79 Å². The van der Waals surface area contributed by atoms with E-state index < -0.39 is 5.97 Å². The lowest BCUT2D eigenvalue weighted by molar-refractivity contribution is 0.0525. The minimum Gasteiger partial charge on any atom is -0.462 e. The van der Waals surface area contributed by atoms with E-state index >= 15 is 0 Å². The van der Waals surface area contributed by atoms with E-state index in [1.807, 2.05) is 18.2 Å². The molecule has 1 heterocycles. The van der Waals surface area contributed by atoms with Crippen LogP contribution in [0.4, 0.5) is 0 Å². The summed E-state index contributed by atoms with van der Waals surface area (Å²) in [6.07, 6.45) is 0. The first-order valence-electron chi connectivity index (χ1n) is 5.63. The summed E-state index contributed by atoms with van der Waals surface area (Å²) >= 11 is 5.67. The number of carbonyl (C=O) groups is 1. The van der Waals surface area contributed by atoms with Crippen LogP contribution in [0, 0.1) is 10.5 Å². The topological polar surface area (TPSA) is 52.3 Å². The van der Waals surface area contributed by atoms with E-state index in [1.54, 1.807) is 13.8 Å². The van der Waals surface area contributed by atoms with Gasteiger partial charge in [-0.15, -0.1) is 0 Å². The first kappa shape index (κ1) is 14.5. The first-order chi connectivity index (χ1) is 9.04. The van der Waals surface area contributed by atoms with Crippen molar-refractivity contribution in [2.45, 2.75) is 13.8 Å². The predicted octanol–water partition coefficient (Wildman–Crippen LogP) is 4.19. The predicted molar refractivity (Wildman–Crippen MR) is 83.0 cm³/mol. The van der Waals surface area contributed by atoms with Gasteiger partial charge in [-0.2, -0.15) is 0 Å². The van der Waals surface area contributed by atoms with Gasteiger partial charge in [-0.25, -0.2) is 4.79 Å². The lowest BCUT2D eigenvalue weighted by atomic mass is 10.1. The summed E-state index contributed by atoms with van der Waals surface area (Å²) in [7, 11) is 0. The Labute approximate surface area is 132 Å². The van der Waals surface area contributed by atoms with Gasteiger partial charge in [0.1, 0.15) is 17.0 Å². The third-order valence-electron chi connectivity index (χ3n) is 2.53. The fourth-order valence-electron chi connectivity index (χ4n) is 1.68. The highest BCUT2D eigenvalue weighted by atomic mass is 127. The van der Waals surface area contributed by atoms with Crippen molar-refractivity contribution >= 4 is 44.5 Å². The zero-order valence-electron chi connectivity index (χ0n) is 10.4. The number of halogens is 2. The number of benzene rings is 1. The van der Waals surface area contributed by atoms with Crippen LogP contribution in [0.15, 0.2) is 27.2 Å². The van der Waals surface area contributed by atoms with E-state index in [4.69, 9.17) is 9.26 Å². The summed E-state index contributed by atoms with van der Waals surface area (Å²) < 4.78 is 12.1. The standard InChI is InChI=1S/C13H11BrINO3/c1-3-18-13(17)11-7(2)19-16-12(11)9-6-8(15)4-5-10(9)14/h4-6H,3H2,1-2H3. The molecule has 0 fully saturated rings. The van der Waals surface area contributed by atoms with Crippen molar-refractivity contribution in [3.8, 4) is 11.3 Å². The molecular formula is C13H11BrINO3. The van der Waals surface area contributed by atoms with Crippen molar-refractivity contribution in [3.05, 3.63) is 37.6 Å². The molecule has 0 aliphatic rings. The van der Waals surface area contributed by atoms with Gasteiger partial charge in [0, 0.05) is 13.6 Å². The van der Waals surface area contributed by atoms with Gasteiger partial charge in [-0.1, -0.05) is 21.1 Å².